The number of carbonyl (C=O) groups is 1. The molecule has 2 aromatic carbocycles. The van der Waals surface area contributed by atoms with Crippen molar-refractivity contribution in [1.29, 1.82) is 0 Å². The second-order valence-corrected chi connectivity index (χ2v) is 7.00. The van der Waals surface area contributed by atoms with E-state index in [0.717, 1.165) is 37.4 Å². The predicted octanol–water partition coefficient (Wildman–Crippen LogP) is 3.52. The van der Waals surface area contributed by atoms with Gasteiger partial charge in [0.1, 0.15) is 6.04 Å². The predicted molar refractivity (Wildman–Crippen MR) is 107 cm³/mol. The maximum Gasteiger partial charge on any atom is 0.327 e. The zero-order valence-electron chi connectivity index (χ0n) is 15.7. The van der Waals surface area contributed by atoms with Crippen LogP contribution in [0.25, 0.3) is 0 Å². The van der Waals surface area contributed by atoms with Gasteiger partial charge < -0.3 is 14.4 Å². The lowest BCUT2D eigenvalue weighted by atomic mass is 10.0. The van der Waals surface area contributed by atoms with Gasteiger partial charge in [-0.2, -0.15) is 0 Å². The summed E-state index contributed by atoms with van der Waals surface area (Å²) in [6.45, 7) is 3.79. The molecule has 0 saturated carbocycles. The molecule has 0 bridgehead atoms. The van der Waals surface area contributed by atoms with Crippen LogP contribution in [0.15, 0.2) is 48.5 Å². The average molecular weight is 389 g/mol. The van der Waals surface area contributed by atoms with Gasteiger partial charge in [-0.25, -0.2) is 4.79 Å². The molecule has 2 aromatic rings. The zero-order chi connectivity index (χ0) is 19.2. The van der Waals surface area contributed by atoms with E-state index in [1.807, 2.05) is 42.3 Å². The molecule has 1 unspecified atom stereocenters. The fourth-order valence-corrected chi connectivity index (χ4v) is 3.71. The number of likely N-dealkylation sites (N-methyl/N-ethyl adjacent to an activating group) is 1. The summed E-state index contributed by atoms with van der Waals surface area (Å²) < 4.78 is 10.5. The fraction of sp³-hybridized carbons (Fsp3) is 0.381. The first-order valence-electron chi connectivity index (χ1n) is 9.05. The van der Waals surface area contributed by atoms with E-state index in [-0.39, 0.29) is 5.97 Å². The molecule has 0 N–H and O–H groups in total. The van der Waals surface area contributed by atoms with Crippen LogP contribution in [0.3, 0.4) is 0 Å². The van der Waals surface area contributed by atoms with Crippen molar-refractivity contribution in [3.05, 3.63) is 64.7 Å². The van der Waals surface area contributed by atoms with Crippen LogP contribution in [-0.2, 0) is 20.8 Å². The van der Waals surface area contributed by atoms with Gasteiger partial charge in [0, 0.05) is 30.3 Å². The third kappa shape index (κ3) is 4.61. The summed E-state index contributed by atoms with van der Waals surface area (Å²) in [4.78, 5) is 16.8. The Hall–Kier alpha value is -2.08. The lowest BCUT2D eigenvalue weighted by molar-refractivity contribution is -0.147. The molecular formula is C21H25ClN2O3. The molecule has 5 nitrogen and oxygen atoms in total. The van der Waals surface area contributed by atoms with Gasteiger partial charge in [-0.1, -0.05) is 48.0 Å². The van der Waals surface area contributed by atoms with Crippen LogP contribution < -0.4 is 4.90 Å². The molecule has 3 rings (SSSR count). The number of carbonyl (C=O) groups excluding carboxylic acids is 1. The number of morpholine rings is 1. The van der Waals surface area contributed by atoms with E-state index in [4.69, 9.17) is 21.1 Å². The first-order valence-corrected chi connectivity index (χ1v) is 9.42. The molecule has 0 amide bonds. The second kappa shape index (κ2) is 9.22. The number of methoxy groups -OCH3 is 1. The molecule has 6 heteroatoms. The highest BCUT2D eigenvalue weighted by Crippen LogP contribution is 2.31. The highest BCUT2D eigenvalue weighted by atomic mass is 35.5. The molecule has 0 aromatic heterocycles. The summed E-state index contributed by atoms with van der Waals surface area (Å²) >= 11 is 6.36. The Labute approximate surface area is 165 Å². The van der Waals surface area contributed by atoms with E-state index >= 15 is 0 Å². The van der Waals surface area contributed by atoms with E-state index in [0.29, 0.717) is 11.6 Å². The maximum absolute atomic E-state index is 12.5. The van der Waals surface area contributed by atoms with Crippen molar-refractivity contribution in [2.24, 2.45) is 0 Å². The minimum absolute atomic E-state index is 0.325. The highest BCUT2D eigenvalue weighted by molar-refractivity contribution is 6.31. The van der Waals surface area contributed by atoms with Crippen molar-refractivity contribution in [3.8, 4) is 0 Å². The Kier molecular flexibility index (Phi) is 6.72. The molecular weight excluding hydrogens is 364 g/mol. The van der Waals surface area contributed by atoms with Gasteiger partial charge in [0.25, 0.3) is 0 Å². The van der Waals surface area contributed by atoms with Crippen LogP contribution in [-0.4, -0.2) is 51.3 Å². The van der Waals surface area contributed by atoms with Crippen LogP contribution in [0, 0.1) is 0 Å². The Bertz CT molecular complexity index is 778. The Balaban J connectivity index is 1.87. The minimum atomic E-state index is -0.568. The number of hydrogen-bond acceptors (Lipinski definition) is 5. The summed E-state index contributed by atoms with van der Waals surface area (Å²) in [6.07, 6.45) is 0. The van der Waals surface area contributed by atoms with Gasteiger partial charge in [-0.15, -0.1) is 0 Å². The average Bonchev–Trinajstić information content (AvgIpc) is 2.70. The normalized spacial score (nSPS) is 15.6. The SMILES string of the molecule is COC(=O)C(c1ccccc1Cl)N(C)Cc1ccccc1N1CCOCC1. The summed E-state index contributed by atoms with van der Waals surface area (Å²) in [5.41, 5.74) is 3.08. The van der Waals surface area contributed by atoms with E-state index in [9.17, 15) is 4.79 Å². The van der Waals surface area contributed by atoms with Crippen molar-refractivity contribution in [1.82, 2.24) is 4.90 Å². The number of rotatable bonds is 6. The molecule has 1 heterocycles. The molecule has 144 valence electrons. The van der Waals surface area contributed by atoms with Crippen molar-refractivity contribution in [2.45, 2.75) is 12.6 Å². The number of para-hydroxylation sites is 1. The smallest absolute Gasteiger partial charge is 0.327 e. The molecule has 1 saturated heterocycles. The van der Waals surface area contributed by atoms with E-state index in [1.54, 1.807) is 6.07 Å². The zero-order valence-corrected chi connectivity index (χ0v) is 16.5. The number of anilines is 1. The molecule has 1 aliphatic heterocycles. The minimum Gasteiger partial charge on any atom is -0.468 e. The molecule has 1 aliphatic rings. The van der Waals surface area contributed by atoms with Crippen LogP contribution >= 0.6 is 11.6 Å². The molecule has 0 aliphatic carbocycles. The van der Waals surface area contributed by atoms with Gasteiger partial charge in [0.2, 0.25) is 0 Å². The third-order valence-electron chi connectivity index (χ3n) is 4.83. The van der Waals surface area contributed by atoms with E-state index in [2.05, 4.69) is 17.0 Å². The van der Waals surface area contributed by atoms with Gasteiger partial charge in [-0.05, 0) is 30.3 Å². The van der Waals surface area contributed by atoms with E-state index in [1.165, 1.54) is 12.8 Å². The van der Waals surface area contributed by atoms with Crippen molar-refractivity contribution in [2.75, 3.05) is 45.4 Å². The largest absolute Gasteiger partial charge is 0.468 e. The molecule has 0 radical (unpaired) electrons. The quantitative estimate of drug-likeness (QED) is 0.708. The lowest BCUT2D eigenvalue weighted by Gasteiger charge is -2.32. The maximum atomic E-state index is 12.5. The summed E-state index contributed by atoms with van der Waals surface area (Å²) in [6, 6.07) is 15.1. The molecule has 27 heavy (non-hydrogen) atoms. The van der Waals surface area contributed by atoms with Gasteiger partial charge in [0.15, 0.2) is 0 Å². The summed E-state index contributed by atoms with van der Waals surface area (Å²) in [5, 5.41) is 0.557. The Morgan fingerprint density at radius 3 is 2.56 bits per heavy atom. The number of ether oxygens (including phenoxy) is 2. The van der Waals surface area contributed by atoms with Crippen LogP contribution in [0.2, 0.25) is 5.02 Å². The van der Waals surface area contributed by atoms with Crippen LogP contribution in [0.1, 0.15) is 17.2 Å². The number of nitrogens with zero attached hydrogens (tertiary/aromatic N) is 2. The van der Waals surface area contributed by atoms with Crippen molar-refractivity contribution < 1.29 is 14.3 Å². The van der Waals surface area contributed by atoms with Crippen molar-refractivity contribution in [3.63, 3.8) is 0 Å². The van der Waals surface area contributed by atoms with Crippen LogP contribution in [0.5, 0.6) is 0 Å². The van der Waals surface area contributed by atoms with Gasteiger partial charge >= 0.3 is 5.97 Å². The molecule has 1 fully saturated rings. The van der Waals surface area contributed by atoms with Crippen molar-refractivity contribution >= 4 is 23.3 Å². The van der Waals surface area contributed by atoms with Crippen LogP contribution in [0.4, 0.5) is 5.69 Å². The van der Waals surface area contributed by atoms with Gasteiger partial charge in [0.05, 0.1) is 20.3 Å². The second-order valence-electron chi connectivity index (χ2n) is 6.59. The number of benzene rings is 2. The monoisotopic (exact) mass is 388 g/mol. The number of esters is 1. The lowest BCUT2D eigenvalue weighted by Crippen LogP contribution is -2.37. The standard InChI is InChI=1S/C21H25ClN2O3/c1-23(20(21(25)26-2)17-8-4-5-9-18(17)22)15-16-7-3-6-10-19(16)24-11-13-27-14-12-24/h3-10,20H,11-15H2,1-2H3. The molecule has 1 atom stereocenters. The first-order chi connectivity index (χ1) is 13.1. The number of hydrogen-bond donors (Lipinski definition) is 0. The Morgan fingerprint density at radius 1 is 1.19 bits per heavy atom. The fourth-order valence-electron chi connectivity index (χ4n) is 3.47. The van der Waals surface area contributed by atoms with E-state index < -0.39 is 6.04 Å². The first kappa shape index (κ1) is 19.7. The third-order valence-corrected chi connectivity index (χ3v) is 5.17. The van der Waals surface area contributed by atoms with Gasteiger partial charge in [-0.3, -0.25) is 4.90 Å². The molecule has 0 spiro atoms. The Morgan fingerprint density at radius 2 is 1.85 bits per heavy atom. The topological polar surface area (TPSA) is 42.0 Å². The summed E-state index contributed by atoms with van der Waals surface area (Å²) in [7, 11) is 3.32. The number of halogens is 1. The summed E-state index contributed by atoms with van der Waals surface area (Å²) in [5.74, 6) is -0.325. The highest BCUT2D eigenvalue weighted by Gasteiger charge is 2.28.